The Labute approximate surface area is 161 Å². The van der Waals surface area contributed by atoms with Gasteiger partial charge < -0.3 is 4.90 Å². The Morgan fingerprint density at radius 3 is 2.36 bits per heavy atom. The van der Waals surface area contributed by atoms with E-state index in [1.807, 2.05) is 0 Å². The van der Waals surface area contributed by atoms with E-state index in [4.69, 9.17) is 0 Å². The van der Waals surface area contributed by atoms with Gasteiger partial charge in [0.15, 0.2) is 0 Å². The van der Waals surface area contributed by atoms with E-state index in [1.54, 1.807) is 53.4 Å². The molecule has 1 heterocycles. The number of rotatable bonds is 3. The highest BCUT2D eigenvalue weighted by molar-refractivity contribution is 6.01. The molecule has 1 saturated heterocycles. The molecule has 1 aliphatic heterocycles. The summed E-state index contributed by atoms with van der Waals surface area (Å²) in [5.41, 5.74) is 2.24. The number of alkyl halides is 3. The average Bonchev–Trinajstić information content (AvgIpc) is 2.91. The summed E-state index contributed by atoms with van der Waals surface area (Å²) in [6, 6.07) is 16.2. The standard InChI is InChI=1S/C21H20F3N3O/c22-21(23,24)15-26-10-5-11-27(13-12-26)20(28)19-9-4-3-8-18(19)17-7-2-1-6-16(17)14-25/h1-4,6-9H,5,10-13,15H2. The molecule has 1 fully saturated rings. The van der Waals surface area contributed by atoms with E-state index in [2.05, 4.69) is 6.07 Å². The second-order valence-electron chi connectivity index (χ2n) is 6.74. The highest BCUT2D eigenvalue weighted by Crippen LogP contribution is 2.28. The van der Waals surface area contributed by atoms with E-state index in [0.717, 1.165) is 0 Å². The highest BCUT2D eigenvalue weighted by Gasteiger charge is 2.32. The molecule has 1 amide bonds. The fourth-order valence-corrected chi connectivity index (χ4v) is 3.48. The van der Waals surface area contributed by atoms with Crippen LogP contribution in [0.15, 0.2) is 48.5 Å². The molecule has 0 atom stereocenters. The largest absolute Gasteiger partial charge is 0.401 e. The van der Waals surface area contributed by atoms with Gasteiger partial charge in [-0.05, 0) is 24.1 Å². The van der Waals surface area contributed by atoms with Gasteiger partial charge in [-0.2, -0.15) is 18.4 Å². The first-order valence-corrected chi connectivity index (χ1v) is 9.06. The first-order chi connectivity index (χ1) is 13.4. The van der Waals surface area contributed by atoms with Crippen molar-refractivity contribution in [1.82, 2.24) is 9.80 Å². The third-order valence-corrected chi connectivity index (χ3v) is 4.77. The molecule has 0 spiro atoms. The Balaban J connectivity index is 1.83. The number of halogens is 3. The van der Waals surface area contributed by atoms with Gasteiger partial charge in [-0.15, -0.1) is 0 Å². The summed E-state index contributed by atoms with van der Waals surface area (Å²) in [4.78, 5) is 16.1. The summed E-state index contributed by atoms with van der Waals surface area (Å²) in [5.74, 6) is -0.225. The van der Waals surface area contributed by atoms with Crippen molar-refractivity contribution in [2.45, 2.75) is 12.6 Å². The van der Waals surface area contributed by atoms with Crippen LogP contribution in [0.4, 0.5) is 13.2 Å². The predicted octanol–water partition coefficient (Wildman–Crippen LogP) is 3.94. The van der Waals surface area contributed by atoms with E-state index in [1.165, 1.54) is 4.90 Å². The van der Waals surface area contributed by atoms with E-state index >= 15 is 0 Å². The summed E-state index contributed by atoms with van der Waals surface area (Å²) in [7, 11) is 0. The number of carbonyl (C=O) groups is 1. The molecule has 0 unspecified atom stereocenters. The van der Waals surface area contributed by atoms with Gasteiger partial charge in [0.2, 0.25) is 0 Å². The fourth-order valence-electron chi connectivity index (χ4n) is 3.48. The van der Waals surface area contributed by atoms with Crippen LogP contribution in [0.5, 0.6) is 0 Å². The molecule has 2 aromatic rings. The molecule has 3 rings (SSSR count). The molecular formula is C21H20F3N3O. The maximum absolute atomic E-state index is 13.1. The summed E-state index contributed by atoms with van der Waals surface area (Å²) in [5, 5.41) is 9.37. The van der Waals surface area contributed by atoms with E-state index < -0.39 is 12.7 Å². The van der Waals surface area contributed by atoms with Crippen molar-refractivity contribution >= 4 is 5.91 Å². The minimum atomic E-state index is -4.24. The zero-order valence-corrected chi connectivity index (χ0v) is 15.2. The summed E-state index contributed by atoms with van der Waals surface area (Å²) < 4.78 is 38.0. The summed E-state index contributed by atoms with van der Waals surface area (Å²) >= 11 is 0. The van der Waals surface area contributed by atoms with Gasteiger partial charge >= 0.3 is 6.18 Å². The maximum atomic E-state index is 13.1. The van der Waals surface area contributed by atoms with Crippen LogP contribution in [0.3, 0.4) is 0 Å². The molecule has 0 aromatic heterocycles. The number of amides is 1. The fraction of sp³-hybridized carbons (Fsp3) is 0.333. The number of benzene rings is 2. The van der Waals surface area contributed by atoms with Crippen LogP contribution < -0.4 is 0 Å². The second-order valence-corrected chi connectivity index (χ2v) is 6.74. The smallest absolute Gasteiger partial charge is 0.337 e. The summed E-state index contributed by atoms with van der Waals surface area (Å²) in [6.07, 6.45) is -3.76. The molecule has 0 radical (unpaired) electrons. The lowest BCUT2D eigenvalue weighted by atomic mass is 9.95. The molecule has 2 aromatic carbocycles. The molecule has 0 saturated carbocycles. The quantitative estimate of drug-likeness (QED) is 0.802. The van der Waals surface area contributed by atoms with Crippen molar-refractivity contribution in [1.29, 1.82) is 5.26 Å². The van der Waals surface area contributed by atoms with Gasteiger partial charge in [-0.3, -0.25) is 9.69 Å². The Hall–Kier alpha value is -2.85. The van der Waals surface area contributed by atoms with Gasteiger partial charge in [-0.1, -0.05) is 36.4 Å². The Kier molecular flexibility index (Phi) is 6.00. The first kappa shape index (κ1) is 19.9. The number of carbonyl (C=O) groups excluding carboxylic acids is 1. The van der Waals surface area contributed by atoms with Crippen molar-refractivity contribution in [3.8, 4) is 17.2 Å². The van der Waals surface area contributed by atoms with Gasteiger partial charge in [0.05, 0.1) is 18.2 Å². The van der Waals surface area contributed by atoms with E-state index in [-0.39, 0.29) is 19.0 Å². The molecule has 4 nitrogen and oxygen atoms in total. The maximum Gasteiger partial charge on any atom is 0.401 e. The van der Waals surface area contributed by atoms with Gasteiger partial charge in [0, 0.05) is 37.3 Å². The van der Waals surface area contributed by atoms with Crippen LogP contribution in [-0.2, 0) is 0 Å². The van der Waals surface area contributed by atoms with Crippen molar-refractivity contribution in [3.05, 3.63) is 59.7 Å². The van der Waals surface area contributed by atoms with Crippen LogP contribution in [0.1, 0.15) is 22.3 Å². The van der Waals surface area contributed by atoms with Crippen LogP contribution in [0, 0.1) is 11.3 Å². The van der Waals surface area contributed by atoms with Crippen molar-refractivity contribution in [3.63, 3.8) is 0 Å². The van der Waals surface area contributed by atoms with Crippen molar-refractivity contribution < 1.29 is 18.0 Å². The number of hydrogen-bond donors (Lipinski definition) is 0. The van der Waals surface area contributed by atoms with E-state index in [0.29, 0.717) is 41.8 Å². The normalized spacial score (nSPS) is 15.7. The van der Waals surface area contributed by atoms with Crippen molar-refractivity contribution in [2.24, 2.45) is 0 Å². The molecule has 0 aliphatic carbocycles. The number of nitriles is 1. The van der Waals surface area contributed by atoms with Gasteiger partial charge in [0.1, 0.15) is 0 Å². The third-order valence-electron chi connectivity index (χ3n) is 4.77. The zero-order chi connectivity index (χ0) is 20.1. The highest BCUT2D eigenvalue weighted by atomic mass is 19.4. The second kappa shape index (κ2) is 8.44. The first-order valence-electron chi connectivity index (χ1n) is 9.06. The van der Waals surface area contributed by atoms with Crippen LogP contribution >= 0.6 is 0 Å². The van der Waals surface area contributed by atoms with Crippen LogP contribution in [0.25, 0.3) is 11.1 Å². The number of hydrogen-bond acceptors (Lipinski definition) is 3. The number of nitrogens with zero attached hydrogens (tertiary/aromatic N) is 3. The van der Waals surface area contributed by atoms with E-state index in [9.17, 15) is 23.2 Å². The molecule has 28 heavy (non-hydrogen) atoms. The Morgan fingerprint density at radius 1 is 0.964 bits per heavy atom. The van der Waals surface area contributed by atoms with Crippen LogP contribution in [-0.4, -0.2) is 54.6 Å². The monoisotopic (exact) mass is 387 g/mol. The molecule has 1 aliphatic rings. The van der Waals surface area contributed by atoms with Gasteiger partial charge in [-0.25, -0.2) is 0 Å². The molecule has 0 bridgehead atoms. The Morgan fingerprint density at radius 2 is 1.64 bits per heavy atom. The molecule has 7 heteroatoms. The lowest BCUT2D eigenvalue weighted by molar-refractivity contribution is -0.145. The Bertz CT molecular complexity index is 889. The molecule has 146 valence electrons. The topological polar surface area (TPSA) is 47.3 Å². The minimum Gasteiger partial charge on any atom is -0.337 e. The zero-order valence-electron chi connectivity index (χ0n) is 15.2. The average molecular weight is 387 g/mol. The molecular weight excluding hydrogens is 367 g/mol. The predicted molar refractivity (Wildman–Crippen MR) is 99.6 cm³/mol. The van der Waals surface area contributed by atoms with Gasteiger partial charge in [0.25, 0.3) is 5.91 Å². The van der Waals surface area contributed by atoms with Crippen LogP contribution in [0.2, 0.25) is 0 Å². The molecule has 0 N–H and O–H groups in total. The SMILES string of the molecule is N#Cc1ccccc1-c1ccccc1C(=O)N1CCCN(CC(F)(F)F)CC1. The summed E-state index contributed by atoms with van der Waals surface area (Å²) in [6.45, 7) is 0.177. The van der Waals surface area contributed by atoms with Crippen molar-refractivity contribution in [2.75, 3.05) is 32.7 Å². The lowest BCUT2D eigenvalue weighted by Gasteiger charge is -2.23. The third kappa shape index (κ3) is 4.70. The minimum absolute atomic E-state index is 0.183. The lowest BCUT2D eigenvalue weighted by Crippen LogP contribution is -2.38.